The van der Waals surface area contributed by atoms with E-state index >= 15 is 0 Å². The third-order valence-corrected chi connectivity index (χ3v) is 3.69. The molecule has 1 aliphatic rings. The average Bonchev–Trinajstić information content (AvgIpc) is 2.40. The van der Waals surface area contributed by atoms with Crippen molar-refractivity contribution < 1.29 is 9.84 Å². The zero-order valence-corrected chi connectivity index (χ0v) is 11.3. The SMILES string of the molecule is CCN(CC)CCNC(CO)C1CCCOC1. The number of aliphatic hydroxyl groups excluding tert-OH is 1. The van der Waals surface area contributed by atoms with Crippen LogP contribution in [-0.2, 0) is 4.74 Å². The van der Waals surface area contributed by atoms with Crippen LogP contribution in [-0.4, -0.2) is 62.0 Å². The Labute approximate surface area is 105 Å². The van der Waals surface area contributed by atoms with E-state index in [2.05, 4.69) is 24.1 Å². The summed E-state index contributed by atoms with van der Waals surface area (Å²) in [6.07, 6.45) is 2.29. The van der Waals surface area contributed by atoms with Gasteiger partial charge >= 0.3 is 0 Å². The zero-order valence-electron chi connectivity index (χ0n) is 11.3. The molecule has 0 aliphatic carbocycles. The largest absolute Gasteiger partial charge is 0.395 e. The van der Waals surface area contributed by atoms with Crippen molar-refractivity contribution >= 4 is 0 Å². The second-order valence-electron chi connectivity index (χ2n) is 4.75. The number of hydrogen-bond donors (Lipinski definition) is 2. The molecule has 0 bridgehead atoms. The Morgan fingerprint density at radius 3 is 2.71 bits per heavy atom. The topological polar surface area (TPSA) is 44.7 Å². The highest BCUT2D eigenvalue weighted by Gasteiger charge is 2.23. The van der Waals surface area contributed by atoms with Crippen LogP contribution in [0.2, 0.25) is 0 Å². The summed E-state index contributed by atoms with van der Waals surface area (Å²) in [4.78, 5) is 2.39. The van der Waals surface area contributed by atoms with Crippen molar-refractivity contribution in [3.8, 4) is 0 Å². The van der Waals surface area contributed by atoms with Gasteiger partial charge < -0.3 is 20.1 Å². The first-order valence-electron chi connectivity index (χ1n) is 6.96. The van der Waals surface area contributed by atoms with E-state index in [-0.39, 0.29) is 12.6 Å². The van der Waals surface area contributed by atoms with Gasteiger partial charge in [-0.3, -0.25) is 0 Å². The standard InChI is InChI=1S/C13H28N2O2/c1-3-15(4-2)8-7-14-13(10-16)12-6-5-9-17-11-12/h12-14,16H,3-11H2,1-2H3. The Hall–Kier alpha value is -0.160. The maximum absolute atomic E-state index is 9.43. The minimum atomic E-state index is 0.200. The predicted molar refractivity (Wildman–Crippen MR) is 70.2 cm³/mol. The van der Waals surface area contributed by atoms with Gasteiger partial charge in [0.25, 0.3) is 0 Å². The van der Waals surface area contributed by atoms with Gasteiger partial charge in [0.15, 0.2) is 0 Å². The fourth-order valence-corrected chi connectivity index (χ4v) is 2.41. The van der Waals surface area contributed by atoms with Crippen molar-refractivity contribution in [2.75, 3.05) is 46.0 Å². The van der Waals surface area contributed by atoms with Gasteiger partial charge in [-0.05, 0) is 31.8 Å². The summed E-state index contributed by atoms with van der Waals surface area (Å²) >= 11 is 0. The van der Waals surface area contributed by atoms with Gasteiger partial charge in [-0.25, -0.2) is 0 Å². The molecule has 0 radical (unpaired) electrons. The molecule has 2 N–H and O–H groups in total. The van der Waals surface area contributed by atoms with Crippen LogP contribution >= 0.6 is 0 Å². The molecule has 1 saturated heterocycles. The third kappa shape index (κ3) is 5.34. The molecule has 17 heavy (non-hydrogen) atoms. The zero-order chi connectivity index (χ0) is 12.5. The van der Waals surface area contributed by atoms with Crippen LogP contribution in [0, 0.1) is 5.92 Å². The van der Waals surface area contributed by atoms with E-state index < -0.39 is 0 Å². The van der Waals surface area contributed by atoms with Crippen molar-refractivity contribution in [2.24, 2.45) is 5.92 Å². The van der Waals surface area contributed by atoms with Gasteiger partial charge in [0, 0.05) is 25.7 Å². The molecule has 0 aromatic rings. The third-order valence-electron chi connectivity index (χ3n) is 3.69. The fraction of sp³-hybridized carbons (Fsp3) is 1.00. The second-order valence-corrected chi connectivity index (χ2v) is 4.75. The van der Waals surface area contributed by atoms with Gasteiger partial charge in [-0.2, -0.15) is 0 Å². The molecule has 0 spiro atoms. The number of aliphatic hydroxyl groups is 1. The van der Waals surface area contributed by atoms with Gasteiger partial charge in [-0.1, -0.05) is 13.8 Å². The highest BCUT2D eigenvalue weighted by atomic mass is 16.5. The van der Waals surface area contributed by atoms with Gasteiger partial charge in [0.1, 0.15) is 0 Å². The highest BCUT2D eigenvalue weighted by molar-refractivity contribution is 4.78. The van der Waals surface area contributed by atoms with Crippen LogP contribution in [0.15, 0.2) is 0 Å². The number of hydrogen-bond acceptors (Lipinski definition) is 4. The van der Waals surface area contributed by atoms with Crippen molar-refractivity contribution in [1.82, 2.24) is 10.2 Å². The maximum atomic E-state index is 9.43. The summed E-state index contributed by atoms with van der Waals surface area (Å²) in [6, 6.07) is 0.200. The number of rotatable bonds is 8. The quantitative estimate of drug-likeness (QED) is 0.660. The number of ether oxygens (including phenoxy) is 1. The monoisotopic (exact) mass is 244 g/mol. The Kier molecular flexibility index (Phi) is 7.77. The molecule has 0 aromatic carbocycles. The molecule has 102 valence electrons. The van der Waals surface area contributed by atoms with Gasteiger partial charge in [-0.15, -0.1) is 0 Å². The van der Waals surface area contributed by atoms with Crippen molar-refractivity contribution in [3.05, 3.63) is 0 Å². The van der Waals surface area contributed by atoms with E-state index in [0.717, 1.165) is 45.8 Å². The van der Waals surface area contributed by atoms with Crippen molar-refractivity contribution in [1.29, 1.82) is 0 Å². The Morgan fingerprint density at radius 2 is 2.18 bits per heavy atom. The maximum Gasteiger partial charge on any atom is 0.0588 e. The molecule has 2 unspecified atom stereocenters. The lowest BCUT2D eigenvalue weighted by Crippen LogP contribution is -2.45. The molecule has 1 rings (SSSR count). The molecule has 1 aliphatic heterocycles. The molecule has 0 saturated carbocycles. The highest BCUT2D eigenvalue weighted by Crippen LogP contribution is 2.17. The van der Waals surface area contributed by atoms with Gasteiger partial charge in [0.05, 0.1) is 13.2 Å². The minimum absolute atomic E-state index is 0.200. The van der Waals surface area contributed by atoms with E-state index in [4.69, 9.17) is 4.74 Å². The van der Waals surface area contributed by atoms with E-state index in [1.165, 1.54) is 6.42 Å². The lowest BCUT2D eigenvalue weighted by molar-refractivity contribution is 0.0279. The van der Waals surface area contributed by atoms with Gasteiger partial charge in [0.2, 0.25) is 0 Å². The first-order valence-corrected chi connectivity index (χ1v) is 6.96. The second kappa shape index (κ2) is 8.86. The molecule has 4 nitrogen and oxygen atoms in total. The van der Waals surface area contributed by atoms with Crippen molar-refractivity contribution in [3.63, 3.8) is 0 Å². The van der Waals surface area contributed by atoms with Crippen molar-refractivity contribution in [2.45, 2.75) is 32.7 Å². The van der Waals surface area contributed by atoms with E-state index in [9.17, 15) is 5.11 Å². The Morgan fingerprint density at radius 1 is 1.41 bits per heavy atom. The number of nitrogens with one attached hydrogen (secondary N) is 1. The van der Waals surface area contributed by atoms with Crippen LogP contribution in [0.4, 0.5) is 0 Å². The normalized spacial score (nSPS) is 22.9. The molecule has 1 heterocycles. The molecule has 2 atom stereocenters. The summed E-state index contributed by atoms with van der Waals surface area (Å²) in [6.45, 7) is 10.4. The van der Waals surface area contributed by atoms with Crippen LogP contribution < -0.4 is 5.32 Å². The van der Waals surface area contributed by atoms with Crippen LogP contribution in [0.1, 0.15) is 26.7 Å². The molecule has 0 aromatic heterocycles. The van der Waals surface area contributed by atoms with Crippen LogP contribution in [0.5, 0.6) is 0 Å². The smallest absolute Gasteiger partial charge is 0.0588 e. The fourth-order valence-electron chi connectivity index (χ4n) is 2.41. The Bertz CT molecular complexity index is 180. The summed E-state index contributed by atoms with van der Waals surface area (Å²) in [5.74, 6) is 0.477. The molecular weight excluding hydrogens is 216 g/mol. The molecular formula is C13H28N2O2. The lowest BCUT2D eigenvalue weighted by Gasteiger charge is -2.30. The van der Waals surface area contributed by atoms with E-state index in [1.807, 2.05) is 0 Å². The first kappa shape index (κ1) is 14.9. The van der Waals surface area contributed by atoms with E-state index in [1.54, 1.807) is 0 Å². The Balaban J connectivity index is 2.21. The number of likely N-dealkylation sites (N-methyl/N-ethyl adjacent to an activating group) is 1. The van der Waals surface area contributed by atoms with Crippen LogP contribution in [0.3, 0.4) is 0 Å². The predicted octanol–water partition coefficient (Wildman–Crippen LogP) is 0.705. The summed E-state index contributed by atoms with van der Waals surface area (Å²) in [5, 5.41) is 12.9. The summed E-state index contributed by atoms with van der Waals surface area (Å²) in [5.41, 5.74) is 0. The summed E-state index contributed by atoms with van der Waals surface area (Å²) in [7, 11) is 0. The lowest BCUT2D eigenvalue weighted by atomic mass is 9.94. The molecule has 4 heteroatoms. The van der Waals surface area contributed by atoms with Crippen LogP contribution in [0.25, 0.3) is 0 Å². The summed E-state index contributed by atoms with van der Waals surface area (Å²) < 4.78 is 5.47. The molecule has 1 fully saturated rings. The molecule has 0 amide bonds. The first-order chi connectivity index (χ1) is 8.31. The minimum Gasteiger partial charge on any atom is -0.395 e. The van der Waals surface area contributed by atoms with E-state index in [0.29, 0.717) is 5.92 Å². The average molecular weight is 244 g/mol. The number of nitrogens with zero attached hydrogens (tertiary/aromatic N) is 1.